The van der Waals surface area contributed by atoms with Crippen LogP contribution in [0.2, 0.25) is 0 Å². The fourth-order valence-electron chi connectivity index (χ4n) is 4.75. The van der Waals surface area contributed by atoms with Crippen LogP contribution in [0, 0.1) is 0 Å². The van der Waals surface area contributed by atoms with Crippen LogP contribution in [0.25, 0.3) is 0 Å². The number of fused-ring (bicyclic) bond motifs is 1. The molecule has 3 aromatic carbocycles. The molecule has 0 fully saturated rings. The van der Waals surface area contributed by atoms with E-state index in [0.29, 0.717) is 36.8 Å². The second-order valence-electron chi connectivity index (χ2n) is 10.1. The van der Waals surface area contributed by atoms with Gasteiger partial charge in [0.2, 0.25) is 16.0 Å². The summed E-state index contributed by atoms with van der Waals surface area (Å²) in [6.07, 6.45) is -2.04. The summed E-state index contributed by atoms with van der Waals surface area (Å²) in [5, 5.41) is 5.61. The topological polar surface area (TPSA) is 121 Å². The molecule has 0 aliphatic carbocycles. The zero-order valence-corrected chi connectivity index (χ0v) is 24.6. The third kappa shape index (κ3) is 7.14. The van der Waals surface area contributed by atoms with Crippen molar-refractivity contribution < 1.29 is 30.0 Å². The van der Waals surface area contributed by atoms with Crippen LogP contribution >= 0.6 is 0 Å². The molecule has 0 saturated heterocycles. The molecule has 1 aliphatic heterocycles. The largest absolute Gasteiger partial charge is 0.421 e. The van der Waals surface area contributed by atoms with E-state index >= 15 is 0 Å². The maximum absolute atomic E-state index is 13.7. The number of sulfone groups is 1. The van der Waals surface area contributed by atoms with E-state index in [1.54, 1.807) is 42.5 Å². The first-order chi connectivity index (χ1) is 20.3. The van der Waals surface area contributed by atoms with Gasteiger partial charge in [-0.25, -0.2) is 21.8 Å². The highest BCUT2D eigenvalue weighted by Gasteiger charge is 2.35. The summed E-state index contributed by atoms with van der Waals surface area (Å²) in [7, 11) is -7.14. The van der Waals surface area contributed by atoms with E-state index in [-0.39, 0.29) is 28.8 Å². The molecule has 0 spiro atoms. The first-order valence-electron chi connectivity index (χ1n) is 13.2. The average Bonchev–Trinajstić information content (AvgIpc) is 3.19. The van der Waals surface area contributed by atoms with Crippen molar-refractivity contribution in [2.24, 2.45) is 0 Å². The summed E-state index contributed by atoms with van der Waals surface area (Å²) in [6.45, 7) is 0.490. The lowest BCUT2D eigenvalue weighted by atomic mass is 10.0. The molecule has 0 atom stereocenters. The smallest absolute Gasteiger partial charge is 0.365 e. The summed E-state index contributed by atoms with van der Waals surface area (Å²) in [5.74, 6) is -0.548. The fraction of sp³-hybridized carbons (Fsp3) is 0.241. The summed E-state index contributed by atoms with van der Waals surface area (Å²) >= 11 is 0. The second-order valence-corrected chi connectivity index (χ2v) is 14.0. The lowest BCUT2D eigenvalue weighted by Gasteiger charge is -2.19. The van der Waals surface area contributed by atoms with Gasteiger partial charge in [0.15, 0.2) is 9.84 Å². The normalized spacial score (nSPS) is 14.5. The summed E-state index contributed by atoms with van der Waals surface area (Å²) in [6, 6.07) is 19.6. The van der Waals surface area contributed by atoms with Crippen LogP contribution in [0.4, 0.5) is 30.6 Å². The number of rotatable bonds is 8. The maximum Gasteiger partial charge on any atom is 0.421 e. The molecule has 1 aliphatic rings. The first kappa shape index (κ1) is 30.4. The minimum atomic E-state index is -4.73. The van der Waals surface area contributed by atoms with E-state index < -0.39 is 37.4 Å². The van der Waals surface area contributed by atoms with Gasteiger partial charge in [0.1, 0.15) is 11.4 Å². The Morgan fingerprint density at radius 1 is 0.860 bits per heavy atom. The van der Waals surface area contributed by atoms with Gasteiger partial charge < -0.3 is 10.6 Å². The van der Waals surface area contributed by atoms with Gasteiger partial charge in [-0.2, -0.15) is 22.5 Å². The van der Waals surface area contributed by atoms with Crippen molar-refractivity contribution in [2.75, 3.05) is 30.0 Å². The summed E-state index contributed by atoms with van der Waals surface area (Å²) in [5.41, 5.74) is 1.80. The average molecular weight is 632 g/mol. The second kappa shape index (κ2) is 11.9. The van der Waals surface area contributed by atoms with Crippen molar-refractivity contribution >= 4 is 37.3 Å². The lowest BCUT2D eigenvalue weighted by molar-refractivity contribution is -0.137. The number of hydrogen-bond donors (Lipinski definition) is 2. The van der Waals surface area contributed by atoms with Gasteiger partial charge in [0.05, 0.1) is 9.79 Å². The Bertz CT molecular complexity index is 1850. The predicted octanol–water partition coefficient (Wildman–Crippen LogP) is 5.04. The summed E-state index contributed by atoms with van der Waals surface area (Å²) < 4.78 is 92.6. The molecule has 0 amide bonds. The maximum atomic E-state index is 13.7. The third-order valence-electron chi connectivity index (χ3n) is 6.99. The molecule has 2 N–H and O–H groups in total. The van der Waals surface area contributed by atoms with E-state index in [1.165, 1.54) is 22.5 Å². The highest BCUT2D eigenvalue weighted by atomic mass is 32.2. The Kier molecular flexibility index (Phi) is 8.45. The van der Waals surface area contributed by atoms with Gasteiger partial charge in [-0.15, -0.1) is 0 Å². The number of nitrogens with one attached hydrogen (secondary N) is 2. The predicted molar refractivity (Wildman–Crippen MR) is 156 cm³/mol. The van der Waals surface area contributed by atoms with Crippen molar-refractivity contribution in [2.45, 2.75) is 35.4 Å². The highest BCUT2D eigenvalue weighted by molar-refractivity contribution is 7.90. The number of hydrogen-bond acceptors (Lipinski definition) is 8. The monoisotopic (exact) mass is 631 g/mol. The van der Waals surface area contributed by atoms with Crippen LogP contribution in [0.1, 0.15) is 22.3 Å². The highest BCUT2D eigenvalue weighted by Crippen LogP contribution is 2.34. The Hall–Kier alpha value is -4.01. The van der Waals surface area contributed by atoms with Crippen LogP contribution in [0.5, 0.6) is 0 Å². The quantitative estimate of drug-likeness (QED) is 0.278. The van der Waals surface area contributed by atoms with E-state index in [2.05, 4.69) is 20.6 Å². The molecule has 1 aromatic heterocycles. The van der Waals surface area contributed by atoms with E-state index in [0.717, 1.165) is 17.4 Å². The lowest BCUT2D eigenvalue weighted by Crippen LogP contribution is -2.33. The number of nitrogens with zero attached hydrogens (tertiary/aromatic N) is 3. The zero-order chi connectivity index (χ0) is 30.8. The van der Waals surface area contributed by atoms with Crippen LogP contribution in [0.3, 0.4) is 0 Å². The van der Waals surface area contributed by atoms with Gasteiger partial charge in [-0.1, -0.05) is 36.4 Å². The van der Waals surface area contributed by atoms with Crippen LogP contribution in [0.15, 0.2) is 88.8 Å². The SMILES string of the molecule is CS(=O)(=O)c1cccc(CNc2nc(Nc3ccc4c(c3)CCN(S(=O)(=O)c3ccccc3)CC4)ncc2C(F)(F)F)c1. The third-order valence-corrected chi connectivity index (χ3v) is 10.0. The van der Waals surface area contributed by atoms with Crippen molar-refractivity contribution in [1.29, 1.82) is 0 Å². The molecule has 0 unspecified atom stereocenters. The molecule has 4 aromatic rings. The van der Waals surface area contributed by atoms with Gasteiger partial charge in [-0.05, 0) is 65.9 Å². The molecule has 9 nitrogen and oxygen atoms in total. The molecule has 5 rings (SSSR count). The number of benzene rings is 3. The molecule has 0 radical (unpaired) electrons. The van der Waals surface area contributed by atoms with Gasteiger partial charge >= 0.3 is 6.18 Å². The van der Waals surface area contributed by atoms with Crippen molar-refractivity contribution in [3.63, 3.8) is 0 Å². The minimum absolute atomic E-state index is 0.0527. The molecule has 14 heteroatoms. The number of anilines is 3. The van der Waals surface area contributed by atoms with Gasteiger partial charge in [0, 0.05) is 37.8 Å². The van der Waals surface area contributed by atoms with Crippen molar-refractivity contribution in [3.05, 3.63) is 101 Å². The Labute approximate surface area is 247 Å². The number of alkyl halides is 3. The van der Waals surface area contributed by atoms with Gasteiger partial charge in [0.25, 0.3) is 0 Å². The van der Waals surface area contributed by atoms with Crippen LogP contribution in [-0.4, -0.2) is 50.5 Å². The fourth-order valence-corrected chi connectivity index (χ4v) is 6.90. The van der Waals surface area contributed by atoms with Gasteiger partial charge in [-0.3, -0.25) is 0 Å². The molecule has 43 heavy (non-hydrogen) atoms. The Morgan fingerprint density at radius 2 is 1.56 bits per heavy atom. The number of halogens is 3. The molecular weight excluding hydrogens is 603 g/mol. The van der Waals surface area contributed by atoms with E-state index in [4.69, 9.17) is 0 Å². The Balaban J connectivity index is 1.34. The number of sulfonamides is 1. The molecular formula is C29H28F3N5O4S2. The van der Waals surface area contributed by atoms with E-state index in [9.17, 15) is 30.0 Å². The minimum Gasteiger partial charge on any atom is -0.365 e. The summed E-state index contributed by atoms with van der Waals surface area (Å²) in [4.78, 5) is 8.22. The molecule has 0 bridgehead atoms. The van der Waals surface area contributed by atoms with Crippen LogP contribution < -0.4 is 10.6 Å². The standard InChI is InChI=1S/C29H28F3N5O4S2/c1-42(38,39)25-9-5-6-20(16-25)18-33-27-26(29(30,31)32)19-34-28(36-27)35-23-11-10-21-12-14-37(15-13-22(21)17-23)43(40,41)24-7-3-2-4-8-24/h2-11,16-17,19H,12-15,18H2,1H3,(H2,33,34,35,36). The molecule has 226 valence electrons. The molecule has 0 saturated carbocycles. The Morgan fingerprint density at radius 3 is 2.26 bits per heavy atom. The molecule has 2 heterocycles. The first-order valence-corrected chi connectivity index (χ1v) is 16.5. The van der Waals surface area contributed by atoms with Crippen molar-refractivity contribution in [1.82, 2.24) is 14.3 Å². The zero-order valence-electron chi connectivity index (χ0n) is 23.0. The van der Waals surface area contributed by atoms with Crippen molar-refractivity contribution in [3.8, 4) is 0 Å². The van der Waals surface area contributed by atoms with Crippen LogP contribution in [-0.2, 0) is 45.4 Å². The number of aromatic nitrogens is 2. The van der Waals surface area contributed by atoms with E-state index in [1.807, 2.05) is 12.1 Å².